The van der Waals surface area contributed by atoms with E-state index in [0.29, 0.717) is 0 Å². The molecule has 0 fully saturated rings. The van der Waals surface area contributed by atoms with Crippen LogP contribution >= 0.6 is 61.8 Å². The van der Waals surface area contributed by atoms with E-state index in [1.807, 2.05) is 11.4 Å². The van der Waals surface area contributed by atoms with Crippen LogP contribution in [-0.2, 0) is 0 Å². The van der Waals surface area contributed by atoms with Crippen molar-refractivity contribution in [2.45, 2.75) is 12.3 Å². The molecular formula is C10H7BrCl2S2. The van der Waals surface area contributed by atoms with E-state index in [-0.39, 0.29) is 5.38 Å². The van der Waals surface area contributed by atoms with Gasteiger partial charge < -0.3 is 0 Å². The van der Waals surface area contributed by atoms with E-state index < -0.39 is 0 Å². The molecule has 0 nitrogen and oxygen atoms in total. The second-order valence-electron chi connectivity index (χ2n) is 3.12. The first-order valence-corrected chi connectivity index (χ1v) is 7.52. The fraction of sp³-hybridized carbons (Fsp3) is 0.200. The molecule has 0 aliphatic carbocycles. The molecular weight excluding hydrogens is 335 g/mol. The first kappa shape index (κ1) is 11.9. The third kappa shape index (κ3) is 2.59. The van der Waals surface area contributed by atoms with Crippen molar-refractivity contribution in [2.75, 3.05) is 0 Å². The Bertz CT molecular complexity index is 475. The second kappa shape index (κ2) is 4.76. The lowest BCUT2D eigenvalue weighted by atomic mass is 10.2. The molecule has 2 aromatic rings. The smallest absolute Gasteiger partial charge is 0.0947 e. The van der Waals surface area contributed by atoms with Gasteiger partial charge in [-0.05, 0) is 45.9 Å². The number of rotatable bonds is 2. The van der Waals surface area contributed by atoms with Crippen molar-refractivity contribution in [1.82, 2.24) is 0 Å². The maximum absolute atomic E-state index is 6.39. The highest BCUT2D eigenvalue weighted by Crippen LogP contribution is 2.41. The molecule has 2 aromatic heterocycles. The van der Waals surface area contributed by atoms with E-state index in [2.05, 4.69) is 28.9 Å². The summed E-state index contributed by atoms with van der Waals surface area (Å²) in [6.07, 6.45) is 0. The highest BCUT2D eigenvalue weighted by molar-refractivity contribution is 9.10. The monoisotopic (exact) mass is 340 g/mol. The Morgan fingerprint density at radius 1 is 1.40 bits per heavy atom. The molecule has 0 saturated heterocycles. The number of thiophene rings is 2. The summed E-state index contributed by atoms with van der Waals surface area (Å²) in [6.45, 7) is 2.07. The van der Waals surface area contributed by atoms with Gasteiger partial charge >= 0.3 is 0 Å². The number of alkyl halides is 1. The van der Waals surface area contributed by atoms with Crippen LogP contribution in [0.3, 0.4) is 0 Å². The number of hydrogen-bond acceptors (Lipinski definition) is 2. The minimum Gasteiger partial charge on any atom is -0.143 e. The van der Waals surface area contributed by atoms with E-state index in [0.717, 1.165) is 19.2 Å². The zero-order valence-electron chi connectivity index (χ0n) is 7.76. The van der Waals surface area contributed by atoms with Crippen LogP contribution in [0.25, 0.3) is 0 Å². The Morgan fingerprint density at radius 3 is 2.60 bits per heavy atom. The summed E-state index contributed by atoms with van der Waals surface area (Å²) < 4.78 is 1.85. The van der Waals surface area contributed by atoms with Crippen molar-refractivity contribution < 1.29 is 0 Å². The summed E-state index contributed by atoms with van der Waals surface area (Å²) in [6, 6.07) is 4.01. The zero-order valence-corrected chi connectivity index (χ0v) is 12.5. The minimum atomic E-state index is -0.109. The molecule has 5 heteroatoms. The lowest BCUT2D eigenvalue weighted by molar-refractivity contribution is 1.19. The topological polar surface area (TPSA) is 0 Å². The van der Waals surface area contributed by atoms with Crippen LogP contribution in [-0.4, -0.2) is 0 Å². The molecule has 0 N–H and O–H groups in total. The molecule has 1 atom stereocenters. The van der Waals surface area contributed by atoms with Crippen molar-refractivity contribution in [1.29, 1.82) is 0 Å². The molecule has 0 bridgehead atoms. The van der Waals surface area contributed by atoms with Crippen molar-refractivity contribution in [3.05, 3.63) is 41.6 Å². The first-order chi connectivity index (χ1) is 7.08. The predicted octanol–water partition coefficient (Wildman–Crippen LogP) is 5.86. The first-order valence-electron chi connectivity index (χ1n) is 4.21. The SMILES string of the molecule is Cc1cc(Br)c(C(Cl)c2csc(Cl)c2)s1. The number of hydrogen-bond donors (Lipinski definition) is 0. The van der Waals surface area contributed by atoms with Gasteiger partial charge in [-0.15, -0.1) is 34.3 Å². The normalized spacial score (nSPS) is 13.1. The fourth-order valence-electron chi connectivity index (χ4n) is 1.28. The Balaban J connectivity index is 2.35. The van der Waals surface area contributed by atoms with Gasteiger partial charge in [-0.25, -0.2) is 0 Å². The van der Waals surface area contributed by atoms with Crippen molar-refractivity contribution in [3.63, 3.8) is 0 Å². The van der Waals surface area contributed by atoms with Gasteiger partial charge in [0.05, 0.1) is 9.71 Å². The molecule has 0 aromatic carbocycles. The standard InChI is InChI=1S/C10H7BrCl2S2/c1-5-2-7(11)10(15-5)9(13)6-3-8(12)14-4-6/h2-4,9H,1H3. The van der Waals surface area contributed by atoms with Gasteiger partial charge in [-0.3, -0.25) is 0 Å². The van der Waals surface area contributed by atoms with Gasteiger partial charge in [-0.2, -0.15) is 0 Å². The van der Waals surface area contributed by atoms with Gasteiger partial charge in [0.15, 0.2) is 0 Å². The maximum Gasteiger partial charge on any atom is 0.0947 e. The molecule has 80 valence electrons. The van der Waals surface area contributed by atoms with E-state index in [1.54, 1.807) is 11.3 Å². The summed E-state index contributed by atoms with van der Waals surface area (Å²) in [4.78, 5) is 2.40. The average Bonchev–Trinajstić information content (AvgIpc) is 2.71. The second-order valence-corrected chi connectivity index (χ2v) is 7.24. The van der Waals surface area contributed by atoms with E-state index in [9.17, 15) is 0 Å². The van der Waals surface area contributed by atoms with Crippen LogP contribution in [0, 0.1) is 6.92 Å². The zero-order chi connectivity index (χ0) is 11.0. The Morgan fingerprint density at radius 2 is 2.13 bits per heavy atom. The van der Waals surface area contributed by atoms with Crippen LogP contribution < -0.4 is 0 Å². The highest BCUT2D eigenvalue weighted by Gasteiger charge is 2.17. The molecule has 1 unspecified atom stereocenters. The molecule has 0 aliphatic heterocycles. The van der Waals surface area contributed by atoms with Gasteiger partial charge in [0.25, 0.3) is 0 Å². The summed E-state index contributed by atoms with van der Waals surface area (Å²) >= 11 is 19.0. The van der Waals surface area contributed by atoms with Crippen molar-refractivity contribution >= 4 is 61.8 Å². The number of aryl methyl sites for hydroxylation is 1. The van der Waals surface area contributed by atoms with E-state index in [1.165, 1.54) is 16.2 Å². The molecule has 2 heterocycles. The van der Waals surface area contributed by atoms with Gasteiger partial charge in [0.1, 0.15) is 0 Å². The fourth-order valence-corrected chi connectivity index (χ4v) is 4.67. The average molecular weight is 342 g/mol. The van der Waals surface area contributed by atoms with Crippen LogP contribution in [0.1, 0.15) is 20.7 Å². The summed E-state index contributed by atoms with van der Waals surface area (Å²) in [5, 5.41) is 1.89. The molecule has 0 radical (unpaired) electrons. The van der Waals surface area contributed by atoms with Crippen LogP contribution in [0.4, 0.5) is 0 Å². The van der Waals surface area contributed by atoms with Crippen molar-refractivity contribution in [3.8, 4) is 0 Å². The van der Waals surface area contributed by atoms with Crippen LogP contribution in [0.15, 0.2) is 22.0 Å². The molecule has 0 saturated carbocycles. The minimum absolute atomic E-state index is 0.109. The Kier molecular flexibility index (Phi) is 3.79. The molecule has 2 rings (SSSR count). The van der Waals surface area contributed by atoms with Crippen LogP contribution in [0.2, 0.25) is 4.34 Å². The summed E-state index contributed by atoms with van der Waals surface area (Å²) in [5.41, 5.74) is 1.06. The third-order valence-corrected chi connectivity index (χ3v) is 5.69. The van der Waals surface area contributed by atoms with E-state index in [4.69, 9.17) is 23.2 Å². The molecule has 15 heavy (non-hydrogen) atoms. The van der Waals surface area contributed by atoms with E-state index >= 15 is 0 Å². The summed E-state index contributed by atoms with van der Waals surface area (Å²) in [7, 11) is 0. The maximum atomic E-state index is 6.39. The largest absolute Gasteiger partial charge is 0.143 e. The van der Waals surface area contributed by atoms with Gasteiger partial charge in [0, 0.05) is 14.2 Å². The lowest BCUT2D eigenvalue weighted by Crippen LogP contribution is -1.87. The van der Waals surface area contributed by atoms with Crippen molar-refractivity contribution in [2.24, 2.45) is 0 Å². The quantitative estimate of drug-likeness (QED) is 0.600. The Labute approximate surface area is 115 Å². The van der Waals surface area contributed by atoms with Gasteiger partial charge in [-0.1, -0.05) is 11.6 Å². The third-order valence-electron chi connectivity index (χ3n) is 1.95. The Hall–Kier alpha value is 0.460. The summed E-state index contributed by atoms with van der Waals surface area (Å²) in [5.74, 6) is 0. The molecule has 0 amide bonds. The highest BCUT2D eigenvalue weighted by atomic mass is 79.9. The van der Waals surface area contributed by atoms with Gasteiger partial charge in [0.2, 0.25) is 0 Å². The lowest BCUT2D eigenvalue weighted by Gasteiger charge is -2.05. The number of halogens is 3. The van der Waals surface area contributed by atoms with Crippen LogP contribution in [0.5, 0.6) is 0 Å². The molecule has 0 spiro atoms. The predicted molar refractivity (Wildman–Crippen MR) is 73.8 cm³/mol. The molecule has 0 aliphatic rings.